The molecule has 0 bridgehead atoms. The molecule has 0 spiro atoms. The van der Waals surface area contributed by atoms with Gasteiger partial charge in [0.25, 0.3) is 0 Å². The number of halogens is 3. The number of amides is 1. The van der Waals surface area contributed by atoms with Crippen LogP contribution in [0.1, 0.15) is 19.3 Å². The Hall–Kier alpha value is -0.480. The summed E-state index contributed by atoms with van der Waals surface area (Å²) in [5.74, 6) is 0.108. The van der Waals surface area contributed by atoms with Gasteiger partial charge in [-0.1, -0.05) is 41.2 Å². The monoisotopic (exact) mass is 320 g/mol. The van der Waals surface area contributed by atoms with Gasteiger partial charge in [0, 0.05) is 10.9 Å². The summed E-state index contributed by atoms with van der Waals surface area (Å²) in [6, 6.07) is 3.11. The van der Waals surface area contributed by atoms with Crippen LogP contribution in [0.5, 0.6) is 0 Å². The van der Waals surface area contributed by atoms with Crippen LogP contribution in [0.2, 0.25) is 15.1 Å². The van der Waals surface area contributed by atoms with Crippen molar-refractivity contribution in [3.8, 4) is 0 Å². The summed E-state index contributed by atoms with van der Waals surface area (Å²) in [6.45, 7) is 0.528. The summed E-state index contributed by atoms with van der Waals surface area (Å²) in [7, 11) is 0. The Bertz CT molecular complexity index is 470. The van der Waals surface area contributed by atoms with Crippen LogP contribution in [0.4, 0.5) is 5.69 Å². The Morgan fingerprint density at radius 3 is 2.47 bits per heavy atom. The van der Waals surface area contributed by atoms with Gasteiger partial charge in [-0.2, -0.15) is 0 Å². The Balaban J connectivity index is 2.15. The number of carbonyl (C=O) groups excluding carboxylic acids is 1. The number of anilines is 1. The lowest BCUT2D eigenvalue weighted by Crippen LogP contribution is -2.29. The molecule has 1 aliphatic carbocycles. The molecule has 104 valence electrons. The van der Waals surface area contributed by atoms with Crippen LogP contribution in [-0.4, -0.2) is 12.5 Å². The van der Waals surface area contributed by atoms with Gasteiger partial charge in [-0.05, 0) is 37.4 Å². The topological polar surface area (TPSA) is 55.1 Å². The number of rotatable bonds is 3. The van der Waals surface area contributed by atoms with Crippen molar-refractivity contribution in [2.75, 3.05) is 11.9 Å². The average Bonchev–Trinajstić information content (AvgIpc) is 2.81. The summed E-state index contributed by atoms with van der Waals surface area (Å²) in [4.78, 5) is 12.3. The number of nitrogens with one attached hydrogen (secondary N) is 1. The lowest BCUT2D eigenvalue weighted by atomic mass is 9.95. The molecule has 1 saturated carbocycles. The molecule has 1 aliphatic rings. The van der Waals surface area contributed by atoms with Crippen molar-refractivity contribution >= 4 is 46.4 Å². The molecule has 0 heterocycles. The summed E-state index contributed by atoms with van der Waals surface area (Å²) < 4.78 is 0. The average molecular weight is 322 g/mol. The van der Waals surface area contributed by atoms with Crippen LogP contribution in [0.15, 0.2) is 12.1 Å². The third kappa shape index (κ3) is 3.34. The predicted molar refractivity (Wildman–Crippen MR) is 80.0 cm³/mol. The van der Waals surface area contributed by atoms with Gasteiger partial charge < -0.3 is 11.1 Å². The maximum atomic E-state index is 12.3. The standard InChI is InChI=1S/C13H15Cl3N2O/c14-8-4-10(15)12(11(16)5-8)18-13(19)9-3-1-2-7(9)6-17/h4-5,7,9H,1-3,6,17H2,(H,18,19). The van der Waals surface area contributed by atoms with Gasteiger partial charge in [-0.15, -0.1) is 0 Å². The Morgan fingerprint density at radius 1 is 1.26 bits per heavy atom. The molecule has 6 heteroatoms. The smallest absolute Gasteiger partial charge is 0.227 e. The number of hydrogen-bond acceptors (Lipinski definition) is 2. The van der Waals surface area contributed by atoms with E-state index in [0.29, 0.717) is 27.3 Å². The summed E-state index contributed by atoms with van der Waals surface area (Å²) in [6.07, 6.45) is 2.88. The van der Waals surface area contributed by atoms with Crippen LogP contribution in [-0.2, 0) is 4.79 Å². The molecule has 3 N–H and O–H groups in total. The van der Waals surface area contributed by atoms with Crippen LogP contribution in [0.3, 0.4) is 0 Å². The molecule has 2 atom stereocenters. The van der Waals surface area contributed by atoms with Crippen molar-refractivity contribution < 1.29 is 4.79 Å². The first-order valence-corrected chi connectivity index (χ1v) is 7.31. The lowest BCUT2D eigenvalue weighted by molar-refractivity contribution is -0.120. The zero-order valence-corrected chi connectivity index (χ0v) is 12.5. The third-order valence-corrected chi connectivity index (χ3v) is 4.37. The minimum atomic E-state index is -0.0703. The molecule has 3 nitrogen and oxygen atoms in total. The fraction of sp³-hybridized carbons (Fsp3) is 0.462. The summed E-state index contributed by atoms with van der Waals surface area (Å²) >= 11 is 17.9. The van der Waals surface area contributed by atoms with E-state index < -0.39 is 0 Å². The van der Waals surface area contributed by atoms with Crippen molar-refractivity contribution in [3.05, 3.63) is 27.2 Å². The molecule has 0 radical (unpaired) electrons. The highest BCUT2D eigenvalue weighted by Gasteiger charge is 2.32. The second kappa shape index (κ2) is 6.31. The van der Waals surface area contributed by atoms with Gasteiger partial charge in [0.15, 0.2) is 0 Å². The number of carbonyl (C=O) groups is 1. The minimum absolute atomic E-state index is 0.0622. The molecule has 1 aromatic carbocycles. The highest BCUT2D eigenvalue weighted by atomic mass is 35.5. The van der Waals surface area contributed by atoms with Gasteiger partial charge >= 0.3 is 0 Å². The highest BCUT2D eigenvalue weighted by molar-refractivity contribution is 6.42. The van der Waals surface area contributed by atoms with E-state index in [4.69, 9.17) is 40.5 Å². The van der Waals surface area contributed by atoms with Crippen molar-refractivity contribution in [1.29, 1.82) is 0 Å². The molecule has 1 aromatic rings. The van der Waals surface area contributed by atoms with E-state index in [1.54, 1.807) is 12.1 Å². The predicted octanol–water partition coefficient (Wildman–Crippen LogP) is 3.96. The summed E-state index contributed by atoms with van der Waals surface area (Å²) in [5, 5.41) is 3.92. The highest BCUT2D eigenvalue weighted by Crippen LogP contribution is 2.36. The molecule has 1 fully saturated rings. The SMILES string of the molecule is NCC1CCCC1C(=O)Nc1c(Cl)cc(Cl)cc1Cl. The van der Waals surface area contributed by atoms with Crippen LogP contribution >= 0.6 is 34.8 Å². The first kappa shape index (κ1) is 14.9. The van der Waals surface area contributed by atoms with Crippen LogP contribution in [0.25, 0.3) is 0 Å². The van der Waals surface area contributed by atoms with E-state index in [2.05, 4.69) is 5.32 Å². The van der Waals surface area contributed by atoms with Crippen molar-refractivity contribution in [2.24, 2.45) is 17.6 Å². The second-order valence-electron chi connectivity index (χ2n) is 4.77. The normalized spacial score (nSPS) is 22.5. The van der Waals surface area contributed by atoms with E-state index in [1.807, 2.05) is 0 Å². The van der Waals surface area contributed by atoms with Crippen LogP contribution in [0, 0.1) is 11.8 Å². The lowest BCUT2D eigenvalue weighted by Gasteiger charge is -2.18. The molecule has 2 rings (SSSR count). The number of hydrogen-bond donors (Lipinski definition) is 2. The van der Waals surface area contributed by atoms with E-state index in [-0.39, 0.29) is 17.7 Å². The second-order valence-corrected chi connectivity index (χ2v) is 6.02. The Kier molecular flexibility index (Phi) is 4.96. The molecule has 19 heavy (non-hydrogen) atoms. The number of benzene rings is 1. The third-order valence-electron chi connectivity index (χ3n) is 3.55. The molecular formula is C13H15Cl3N2O. The van der Waals surface area contributed by atoms with E-state index in [9.17, 15) is 4.79 Å². The van der Waals surface area contributed by atoms with E-state index in [0.717, 1.165) is 19.3 Å². The molecule has 2 unspecified atom stereocenters. The molecule has 0 aliphatic heterocycles. The Morgan fingerprint density at radius 2 is 1.89 bits per heavy atom. The molecular weight excluding hydrogens is 307 g/mol. The minimum Gasteiger partial charge on any atom is -0.330 e. The Labute approximate surface area is 127 Å². The van der Waals surface area contributed by atoms with Crippen molar-refractivity contribution in [3.63, 3.8) is 0 Å². The zero-order chi connectivity index (χ0) is 14.0. The molecule has 0 aromatic heterocycles. The van der Waals surface area contributed by atoms with E-state index >= 15 is 0 Å². The molecule has 0 saturated heterocycles. The van der Waals surface area contributed by atoms with Gasteiger partial charge in [-0.3, -0.25) is 4.79 Å². The quantitative estimate of drug-likeness (QED) is 0.885. The fourth-order valence-electron chi connectivity index (χ4n) is 2.54. The van der Waals surface area contributed by atoms with Crippen LogP contribution < -0.4 is 11.1 Å². The first-order chi connectivity index (χ1) is 9.02. The van der Waals surface area contributed by atoms with Gasteiger partial charge in [0.1, 0.15) is 0 Å². The number of nitrogens with two attached hydrogens (primary N) is 1. The van der Waals surface area contributed by atoms with Crippen molar-refractivity contribution in [2.45, 2.75) is 19.3 Å². The van der Waals surface area contributed by atoms with Gasteiger partial charge in [-0.25, -0.2) is 0 Å². The maximum Gasteiger partial charge on any atom is 0.227 e. The van der Waals surface area contributed by atoms with E-state index in [1.165, 1.54) is 0 Å². The first-order valence-electron chi connectivity index (χ1n) is 6.18. The van der Waals surface area contributed by atoms with Crippen molar-refractivity contribution in [1.82, 2.24) is 0 Å². The van der Waals surface area contributed by atoms with Gasteiger partial charge in [0.2, 0.25) is 5.91 Å². The zero-order valence-electron chi connectivity index (χ0n) is 10.3. The van der Waals surface area contributed by atoms with Gasteiger partial charge in [0.05, 0.1) is 15.7 Å². The maximum absolute atomic E-state index is 12.3. The fourth-order valence-corrected chi connectivity index (χ4v) is 3.45. The molecule has 1 amide bonds. The summed E-state index contributed by atoms with van der Waals surface area (Å²) in [5.41, 5.74) is 6.10. The largest absolute Gasteiger partial charge is 0.330 e.